The maximum absolute atomic E-state index is 6.36. The van der Waals surface area contributed by atoms with Gasteiger partial charge in [0.2, 0.25) is 0 Å². The van der Waals surface area contributed by atoms with Gasteiger partial charge in [0.1, 0.15) is 6.67 Å². The van der Waals surface area contributed by atoms with Gasteiger partial charge in [-0.25, -0.2) is 4.99 Å². The van der Waals surface area contributed by atoms with E-state index in [1.165, 1.54) is 0 Å². The molecular formula is C12H14N6. The van der Waals surface area contributed by atoms with E-state index >= 15 is 0 Å². The summed E-state index contributed by atoms with van der Waals surface area (Å²) in [6, 6.07) is 9.98. The minimum absolute atomic E-state index is 0.400. The molecule has 0 radical (unpaired) electrons. The second kappa shape index (κ2) is 3.92. The molecule has 1 unspecified atom stereocenters. The summed E-state index contributed by atoms with van der Waals surface area (Å²) in [5.41, 5.74) is 13.8. The fourth-order valence-electron chi connectivity index (χ4n) is 2.15. The van der Waals surface area contributed by atoms with Crippen molar-refractivity contribution >= 4 is 6.21 Å². The van der Waals surface area contributed by atoms with E-state index in [-0.39, 0.29) is 0 Å². The first kappa shape index (κ1) is 10.9. The number of fused-ring (bicyclic) bond motifs is 1. The van der Waals surface area contributed by atoms with Gasteiger partial charge in [0.05, 0.1) is 11.9 Å². The van der Waals surface area contributed by atoms with Gasteiger partial charge < -0.3 is 5.73 Å². The summed E-state index contributed by atoms with van der Waals surface area (Å²) in [7, 11) is 0. The van der Waals surface area contributed by atoms with Crippen LogP contribution >= 0.6 is 0 Å². The molecule has 1 aromatic rings. The molecule has 0 bridgehead atoms. The van der Waals surface area contributed by atoms with Crippen LogP contribution in [0, 0.1) is 0 Å². The minimum Gasteiger partial charge on any atom is -0.394 e. The number of nitrogens with two attached hydrogens (primary N) is 2. The Hall–Kier alpha value is -2.21. The van der Waals surface area contributed by atoms with E-state index < -0.39 is 5.79 Å². The lowest BCUT2D eigenvalue weighted by atomic mass is 10.1. The van der Waals surface area contributed by atoms with E-state index in [2.05, 4.69) is 15.2 Å². The molecule has 0 aromatic heterocycles. The molecule has 2 aliphatic rings. The van der Waals surface area contributed by atoms with Gasteiger partial charge >= 0.3 is 0 Å². The van der Waals surface area contributed by atoms with Crippen molar-refractivity contribution in [3.63, 3.8) is 0 Å². The molecule has 0 amide bonds. The minimum atomic E-state index is -0.858. The lowest BCUT2D eigenvalue weighted by Gasteiger charge is -2.37. The van der Waals surface area contributed by atoms with Gasteiger partial charge in [0.25, 0.3) is 0 Å². The molecule has 18 heavy (non-hydrogen) atoms. The first-order valence-electron chi connectivity index (χ1n) is 5.72. The van der Waals surface area contributed by atoms with Crippen LogP contribution < -0.4 is 11.5 Å². The summed E-state index contributed by atoms with van der Waals surface area (Å²) in [5, 5.41) is 7.98. The molecule has 0 spiro atoms. The molecule has 6 heteroatoms. The third-order valence-electron chi connectivity index (χ3n) is 3.09. The van der Waals surface area contributed by atoms with Crippen LogP contribution in [0.25, 0.3) is 0 Å². The third kappa shape index (κ3) is 1.67. The van der Waals surface area contributed by atoms with Crippen LogP contribution in [0.4, 0.5) is 0 Å². The van der Waals surface area contributed by atoms with Crippen molar-refractivity contribution in [3.05, 3.63) is 47.4 Å². The zero-order valence-corrected chi connectivity index (χ0v) is 9.82. The summed E-state index contributed by atoms with van der Waals surface area (Å²) in [5.74, 6) is -0.244. The first-order chi connectivity index (χ1) is 8.69. The second-order valence-electron chi connectivity index (χ2n) is 4.39. The Balaban J connectivity index is 1.91. The SMILES string of the molecule is NC1=C2N=NCN2C(N)(Cc2ccccc2)N=C1. The highest BCUT2D eigenvalue weighted by Crippen LogP contribution is 2.30. The fourth-order valence-corrected chi connectivity index (χ4v) is 2.15. The Bertz CT molecular complexity index is 547. The molecule has 2 heterocycles. The molecule has 3 rings (SSSR count). The highest BCUT2D eigenvalue weighted by atomic mass is 15.5. The highest BCUT2D eigenvalue weighted by Gasteiger charge is 2.39. The van der Waals surface area contributed by atoms with Crippen molar-refractivity contribution in [2.45, 2.75) is 12.2 Å². The van der Waals surface area contributed by atoms with Crippen LogP contribution in [-0.4, -0.2) is 23.6 Å². The van der Waals surface area contributed by atoms with Gasteiger partial charge in [-0.1, -0.05) is 30.3 Å². The van der Waals surface area contributed by atoms with Crippen molar-refractivity contribution < 1.29 is 0 Å². The normalized spacial score (nSPS) is 25.7. The van der Waals surface area contributed by atoms with Crippen LogP contribution in [0.3, 0.4) is 0 Å². The van der Waals surface area contributed by atoms with Crippen molar-refractivity contribution in [2.75, 3.05) is 6.67 Å². The molecule has 0 saturated carbocycles. The van der Waals surface area contributed by atoms with Crippen LogP contribution in [0.5, 0.6) is 0 Å². The predicted octanol–water partition coefficient (Wildman–Crippen LogP) is 0.779. The van der Waals surface area contributed by atoms with Crippen LogP contribution in [0.2, 0.25) is 0 Å². The second-order valence-corrected chi connectivity index (χ2v) is 4.39. The van der Waals surface area contributed by atoms with Crippen molar-refractivity contribution in [3.8, 4) is 0 Å². The highest BCUT2D eigenvalue weighted by molar-refractivity contribution is 5.79. The number of benzene rings is 1. The van der Waals surface area contributed by atoms with Crippen molar-refractivity contribution in [1.82, 2.24) is 4.90 Å². The third-order valence-corrected chi connectivity index (χ3v) is 3.09. The van der Waals surface area contributed by atoms with E-state index in [0.717, 1.165) is 5.56 Å². The quantitative estimate of drug-likeness (QED) is 0.802. The summed E-state index contributed by atoms with van der Waals surface area (Å²) in [6.45, 7) is 0.400. The molecule has 92 valence electrons. The van der Waals surface area contributed by atoms with E-state index in [9.17, 15) is 0 Å². The lowest BCUT2D eigenvalue weighted by Crippen LogP contribution is -2.56. The first-order valence-corrected chi connectivity index (χ1v) is 5.72. The molecule has 1 aromatic carbocycles. The van der Waals surface area contributed by atoms with E-state index in [4.69, 9.17) is 11.5 Å². The van der Waals surface area contributed by atoms with Gasteiger partial charge in [-0.3, -0.25) is 10.6 Å². The summed E-state index contributed by atoms with van der Waals surface area (Å²) in [4.78, 5) is 6.18. The fraction of sp³-hybridized carbons (Fsp3) is 0.250. The Labute approximate surface area is 105 Å². The molecule has 0 aliphatic carbocycles. The zero-order chi connectivity index (χ0) is 12.6. The predicted molar refractivity (Wildman–Crippen MR) is 68.3 cm³/mol. The van der Waals surface area contributed by atoms with Crippen molar-refractivity contribution in [2.24, 2.45) is 26.7 Å². The van der Waals surface area contributed by atoms with Gasteiger partial charge in [-0.15, -0.1) is 5.11 Å². The number of rotatable bonds is 2. The summed E-state index contributed by atoms with van der Waals surface area (Å²) < 4.78 is 0. The van der Waals surface area contributed by atoms with Crippen molar-refractivity contribution in [1.29, 1.82) is 0 Å². The number of hydrogen-bond acceptors (Lipinski definition) is 6. The molecular weight excluding hydrogens is 228 g/mol. The Kier molecular flexibility index (Phi) is 2.38. The lowest BCUT2D eigenvalue weighted by molar-refractivity contribution is 0.155. The molecule has 2 aliphatic heterocycles. The molecule has 1 atom stereocenters. The smallest absolute Gasteiger partial charge is 0.191 e. The number of aliphatic imine (C=N–C) groups is 1. The molecule has 4 N–H and O–H groups in total. The zero-order valence-electron chi connectivity index (χ0n) is 9.82. The molecule has 0 saturated heterocycles. The maximum Gasteiger partial charge on any atom is 0.191 e. The largest absolute Gasteiger partial charge is 0.394 e. The Morgan fingerprint density at radius 2 is 2.06 bits per heavy atom. The average molecular weight is 242 g/mol. The Morgan fingerprint density at radius 1 is 1.28 bits per heavy atom. The van der Waals surface area contributed by atoms with E-state index in [1.807, 2.05) is 35.2 Å². The van der Waals surface area contributed by atoms with Crippen LogP contribution in [0.15, 0.2) is 57.1 Å². The van der Waals surface area contributed by atoms with Gasteiger partial charge in [-0.2, -0.15) is 5.11 Å². The Morgan fingerprint density at radius 3 is 2.83 bits per heavy atom. The molecule has 6 nitrogen and oxygen atoms in total. The monoisotopic (exact) mass is 242 g/mol. The summed E-state index contributed by atoms with van der Waals surface area (Å²) in [6.07, 6.45) is 2.16. The number of hydrogen-bond donors (Lipinski definition) is 2. The van der Waals surface area contributed by atoms with E-state index in [1.54, 1.807) is 6.21 Å². The number of azo groups is 1. The number of allylic oxidation sites excluding steroid dienone is 1. The van der Waals surface area contributed by atoms with Gasteiger partial charge in [-0.05, 0) is 5.56 Å². The average Bonchev–Trinajstić information content (AvgIpc) is 2.87. The molecule has 0 fully saturated rings. The summed E-state index contributed by atoms with van der Waals surface area (Å²) >= 11 is 0. The van der Waals surface area contributed by atoms with Crippen LogP contribution in [-0.2, 0) is 6.42 Å². The van der Waals surface area contributed by atoms with E-state index in [0.29, 0.717) is 24.6 Å². The topological polar surface area (TPSA) is 92.4 Å². The number of nitrogens with zero attached hydrogens (tertiary/aromatic N) is 4. The van der Waals surface area contributed by atoms with Crippen LogP contribution in [0.1, 0.15) is 5.56 Å². The van der Waals surface area contributed by atoms with Gasteiger partial charge in [0.15, 0.2) is 11.6 Å². The maximum atomic E-state index is 6.36. The standard InChI is InChI=1S/C12H14N6/c13-10-7-15-12(14,18-8-16-17-11(10)18)6-9-4-2-1-3-5-9/h1-5,7H,6,8,13-14H2. The van der Waals surface area contributed by atoms with Gasteiger partial charge in [0, 0.05) is 6.42 Å².